The molecular weight excluding hydrogens is 280 g/mol. The summed E-state index contributed by atoms with van der Waals surface area (Å²) in [6, 6.07) is 0.452. The Morgan fingerprint density at radius 2 is 2.05 bits per heavy atom. The minimum Gasteiger partial charge on any atom is -0.354 e. The highest BCUT2D eigenvalue weighted by molar-refractivity contribution is 7.11. The van der Waals surface area contributed by atoms with E-state index in [2.05, 4.69) is 48.3 Å². The van der Waals surface area contributed by atoms with E-state index in [0.717, 1.165) is 23.2 Å². The largest absolute Gasteiger partial charge is 0.354 e. The molecule has 1 rings (SSSR count). The number of hydrogen-bond acceptors (Lipinski definition) is 3. The summed E-state index contributed by atoms with van der Waals surface area (Å²) < 4.78 is 0. The van der Waals surface area contributed by atoms with Crippen LogP contribution in [0.25, 0.3) is 0 Å². The second kappa shape index (κ2) is 9.77. The number of aryl methyl sites for hydroxylation is 2. The van der Waals surface area contributed by atoms with Crippen LogP contribution < -0.4 is 10.6 Å². The highest BCUT2D eigenvalue weighted by Crippen LogP contribution is 2.15. The molecule has 0 aromatic carbocycles. The first kappa shape index (κ1) is 18.0. The molecule has 1 unspecified atom stereocenters. The van der Waals surface area contributed by atoms with Crippen LogP contribution in [-0.4, -0.2) is 24.0 Å². The van der Waals surface area contributed by atoms with Crippen molar-refractivity contribution in [3.8, 4) is 0 Å². The summed E-state index contributed by atoms with van der Waals surface area (Å²) in [5, 5.41) is 7.91. The van der Waals surface area contributed by atoms with E-state index in [-0.39, 0.29) is 0 Å². The summed E-state index contributed by atoms with van der Waals surface area (Å²) in [5.41, 5.74) is 1.13. The summed E-state index contributed by atoms with van der Waals surface area (Å²) in [5.74, 6) is 0.864. The Hall–Kier alpha value is -1.10. The lowest BCUT2D eigenvalue weighted by Gasteiger charge is -2.17. The van der Waals surface area contributed by atoms with Gasteiger partial charge in [0.05, 0.1) is 12.2 Å². The van der Waals surface area contributed by atoms with E-state index >= 15 is 0 Å². The van der Waals surface area contributed by atoms with Gasteiger partial charge >= 0.3 is 0 Å². The van der Waals surface area contributed by atoms with Crippen molar-refractivity contribution in [3.05, 3.63) is 15.6 Å². The van der Waals surface area contributed by atoms with Crippen LogP contribution in [0.5, 0.6) is 0 Å². The van der Waals surface area contributed by atoms with E-state index in [1.807, 2.05) is 7.05 Å². The number of nitrogens with zero attached hydrogens (tertiary/aromatic N) is 2. The normalized spacial score (nSPS) is 13.3. The molecule has 5 heteroatoms. The maximum absolute atomic E-state index is 4.54. The summed E-state index contributed by atoms with van der Waals surface area (Å²) in [6.45, 7) is 9.37. The van der Waals surface area contributed by atoms with Gasteiger partial charge < -0.3 is 10.6 Å². The summed E-state index contributed by atoms with van der Waals surface area (Å²) in [4.78, 5) is 10.1. The lowest BCUT2D eigenvalue weighted by atomic mass is 10.1. The molecule has 0 radical (unpaired) electrons. The zero-order valence-electron chi connectivity index (χ0n) is 14.1. The van der Waals surface area contributed by atoms with Crippen molar-refractivity contribution in [2.75, 3.05) is 7.05 Å². The van der Waals surface area contributed by atoms with Gasteiger partial charge in [-0.05, 0) is 27.2 Å². The molecule has 0 fully saturated rings. The fourth-order valence-corrected chi connectivity index (χ4v) is 3.03. The van der Waals surface area contributed by atoms with Crippen LogP contribution in [0, 0.1) is 13.8 Å². The van der Waals surface area contributed by atoms with Gasteiger partial charge in [0.2, 0.25) is 0 Å². The predicted molar refractivity (Wildman–Crippen MR) is 93.1 cm³/mol. The molecule has 2 N–H and O–H groups in total. The maximum atomic E-state index is 4.54. The summed E-state index contributed by atoms with van der Waals surface area (Å²) in [7, 11) is 1.82. The lowest BCUT2D eigenvalue weighted by Crippen LogP contribution is -2.41. The Morgan fingerprint density at radius 3 is 2.62 bits per heavy atom. The summed E-state index contributed by atoms with van der Waals surface area (Å²) in [6.07, 6.45) is 6.42. The van der Waals surface area contributed by atoms with Crippen molar-refractivity contribution >= 4 is 17.3 Å². The third kappa shape index (κ3) is 6.93. The van der Waals surface area contributed by atoms with Crippen molar-refractivity contribution in [1.82, 2.24) is 15.6 Å². The van der Waals surface area contributed by atoms with Gasteiger partial charge in [-0.15, -0.1) is 11.3 Å². The molecule has 4 nitrogen and oxygen atoms in total. The van der Waals surface area contributed by atoms with Crippen molar-refractivity contribution in [3.63, 3.8) is 0 Å². The zero-order valence-corrected chi connectivity index (χ0v) is 14.9. The van der Waals surface area contributed by atoms with Crippen molar-refractivity contribution < 1.29 is 0 Å². The molecule has 0 aliphatic carbocycles. The van der Waals surface area contributed by atoms with Crippen LogP contribution >= 0.6 is 11.3 Å². The van der Waals surface area contributed by atoms with Crippen LogP contribution in [0.3, 0.4) is 0 Å². The van der Waals surface area contributed by atoms with E-state index in [1.54, 1.807) is 11.3 Å². The van der Waals surface area contributed by atoms with Crippen molar-refractivity contribution in [2.24, 2.45) is 4.99 Å². The number of rotatable bonds is 8. The Bertz CT molecular complexity index is 420. The van der Waals surface area contributed by atoms with Gasteiger partial charge in [0.25, 0.3) is 0 Å². The second-order valence-electron chi connectivity index (χ2n) is 5.57. The van der Waals surface area contributed by atoms with Crippen molar-refractivity contribution in [2.45, 2.75) is 72.4 Å². The molecule has 1 aromatic rings. The first-order chi connectivity index (χ1) is 10.1. The molecule has 0 saturated heterocycles. The lowest BCUT2D eigenvalue weighted by molar-refractivity contribution is 0.537. The van der Waals surface area contributed by atoms with Gasteiger partial charge in [0.1, 0.15) is 5.01 Å². The highest BCUT2D eigenvalue weighted by atomic mass is 32.1. The summed E-state index contributed by atoms with van der Waals surface area (Å²) >= 11 is 1.75. The molecule has 21 heavy (non-hydrogen) atoms. The minimum atomic E-state index is 0.452. The third-order valence-corrected chi connectivity index (χ3v) is 4.65. The molecule has 1 aromatic heterocycles. The first-order valence-electron chi connectivity index (χ1n) is 7.96. The number of guanidine groups is 1. The topological polar surface area (TPSA) is 49.3 Å². The number of aliphatic imine (C=N–C) groups is 1. The molecule has 0 spiro atoms. The van der Waals surface area contributed by atoms with Gasteiger partial charge in [-0.3, -0.25) is 4.99 Å². The number of unbranched alkanes of at least 4 members (excludes halogenated alkanes) is 3. The SMILES string of the molecule is CCCCCCC(C)NC(=NC)NCc1nc(C)c(C)s1. The molecule has 0 aliphatic heterocycles. The molecule has 0 aliphatic rings. The molecular formula is C16H30N4S. The third-order valence-electron chi connectivity index (χ3n) is 3.58. The van der Waals surface area contributed by atoms with E-state index < -0.39 is 0 Å². The van der Waals surface area contributed by atoms with Gasteiger partial charge in [0.15, 0.2) is 5.96 Å². The van der Waals surface area contributed by atoms with Gasteiger partial charge in [-0.2, -0.15) is 0 Å². The standard InChI is InChI=1S/C16H30N4S/c1-6-7-8-9-10-12(2)19-16(17-5)18-11-15-20-13(3)14(4)21-15/h12H,6-11H2,1-5H3,(H2,17,18,19). The fourth-order valence-electron chi connectivity index (χ4n) is 2.15. The van der Waals surface area contributed by atoms with E-state index in [9.17, 15) is 0 Å². The van der Waals surface area contributed by atoms with E-state index in [1.165, 1.54) is 37.0 Å². The molecule has 120 valence electrons. The van der Waals surface area contributed by atoms with Crippen molar-refractivity contribution in [1.29, 1.82) is 0 Å². The first-order valence-corrected chi connectivity index (χ1v) is 8.78. The van der Waals surface area contributed by atoms with Crippen LogP contribution in [0.2, 0.25) is 0 Å². The molecule has 0 amide bonds. The highest BCUT2D eigenvalue weighted by Gasteiger charge is 2.07. The number of hydrogen-bond donors (Lipinski definition) is 2. The molecule has 1 atom stereocenters. The predicted octanol–water partition coefficient (Wildman–Crippen LogP) is 3.78. The van der Waals surface area contributed by atoms with E-state index in [0.29, 0.717) is 6.04 Å². The number of nitrogens with one attached hydrogen (secondary N) is 2. The maximum Gasteiger partial charge on any atom is 0.191 e. The van der Waals surface area contributed by atoms with Crippen LogP contribution in [0.4, 0.5) is 0 Å². The zero-order chi connectivity index (χ0) is 15.7. The van der Waals surface area contributed by atoms with Gasteiger partial charge in [0, 0.05) is 18.0 Å². The van der Waals surface area contributed by atoms with Crippen LogP contribution in [0.1, 0.15) is 61.5 Å². The quantitative estimate of drug-likeness (QED) is 0.436. The smallest absolute Gasteiger partial charge is 0.191 e. The second-order valence-corrected chi connectivity index (χ2v) is 6.86. The van der Waals surface area contributed by atoms with Gasteiger partial charge in [-0.1, -0.05) is 32.6 Å². The monoisotopic (exact) mass is 310 g/mol. The minimum absolute atomic E-state index is 0.452. The van der Waals surface area contributed by atoms with Gasteiger partial charge in [-0.25, -0.2) is 4.98 Å². The Labute approximate surface area is 133 Å². The van der Waals surface area contributed by atoms with E-state index in [4.69, 9.17) is 0 Å². The van der Waals surface area contributed by atoms with Crippen LogP contribution in [0.15, 0.2) is 4.99 Å². The number of thiazole rings is 1. The average Bonchev–Trinajstić information content (AvgIpc) is 2.78. The van der Waals surface area contributed by atoms with Crippen LogP contribution in [-0.2, 0) is 6.54 Å². The Morgan fingerprint density at radius 1 is 1.29 bits per heavy atom. The molecule has 1 heterocycles. The Balaban J connectivity index is 2.31. The fraction of sp³-hybridized carbons (Fsp3) is 0.750. The number of aromatic nitrogens is 1. The Kier molecular flexibility index (Phi) is 8.35. The average molecular weight is 311 g/mol. The molecule has 0 saturated carbocycles. The molecule has 0 bridgehead atoms.